The van der Waals surface area contributed by atoms with Gasteiger partial charge in [0.15, 0.2) is 0 Å². The molecule has 2 N–H and O–H groups in total. The fraction of sp³-hybridized carbons (Fsp3) is 0.231. The van der Waals surface area contributed by atoms with Crippen LogP contribution in [0.15, 0.2) is 36.5 Å². The van der Waals surface area contributed by atoms with Crippen LogP contribution in [0.2, 0.25) is 0 Å². The highest BCUT2D eigenvalue weighted by atomic mass is 16.1. The first-order valence-electron chi connectivity index (χ1n) is 5.52. The van der Waals surface area contributed by atoms with E-state index >= 15 is 0 Å². The van der Waals surface area contributed by atoms with Crippen molar-refractivity contribution in [2.75, 3.05) is 0 Å². The van der Waals surface area contributed by atoms with Crippen LogP contribution in [0.1, 0.15) is 12.0 Å². The van der Waals surface area contributed by atoms with E-state index in [0.717, 1.165) is 16.8 Å². The van der Waals surface area contributed by atoms with Gasteiger partial charge in [-0.05, 0) is 18.1 Å². The zero-order chi connectivity index (χ0) is 12.3. The predicted octanol–water partition coefficient (Wildman–Crippen LogP) is 1.50. The minimum atomic E-state index is -0.265. The standard InChI is InChI=1S/C13H15N3O/c1-16-9-8-12(15-16)11-5-2-10(3-6-11)4-7-13(14)17/h2-3,5-6,8-9H,4,7H2,1H3,(H2,14,17). The number of benzene rings is 1. The van der Waals surface area contributed by atoms with Gasteiger partial charge < -0.3 is 5.73 Å². The summed E-state index contributed by atoms with van der Waals surface area (Å²) in [5.74, 6) is -0.265. The van der Waals surface area contributed by atoms with Crippen LogP contribution in [-0.4, -0.2) is 15.7 Å². The number of nitrogens with two attached hydrogens (primary N) is 1. The Balaban J connectivity index is 2.10. The molecule has 0 aliphatic rings. The van der Waals surface area contributed by atoms with Gasteiger partial charge in [-0.25, -0.2) is 0 Å². The highest BCUT2D eigenvalue weighted by Crippen LogP contribution is 2.17. The molecule has 0 radical (unpaired) electrons. The lowest BCUT2D eigenvalue weighted by atomic mass is 10.1. The van der Waals surface area contributed by atoms with E-state index in [1.54, 1.807) is 4.68 Å². The minimum Gasteiger partial charge on any atom is -0.370 e. The van der Waals surface area contributed by atoms with Gasteiger partial charge in [0.1, 0.15) is 0 Å². The Labute approximate surface area is 100 Å². The number of aromatic nitrogens is 2. The fourth-order valence-corrected chi connectivity index (χ4v) is 1.68. The Morgan fingerprint density at radius 1 is 1.29 bits per heavy atom. The smallest absolute Gasteiger partial charge is 0.217 e. The van der Waals surface area contributed by atoms with E-state index in [1.165, 1.54) is 0 Å². The quantitative estimate of drug-likeness (QED) is 0.863. The number of amides is 1. The van der Waals surface area contributed by atoms with E-state index in [0.29, 0.717) is 12.8 Å². The van der Waals surface area contributed by atoms with Gasteiger partial charge in [0.2, 0.25) is 5.91 Å². The van der Waals surface area contributed by atoms with Crippen LogP contribution in [0.5, 0.6) is 0 Å². The average molecular weight is 229 g/mol. The molecule has 0 spiro atoms. The maximum Gasteiger partial charge on any atom is 0.217 e. The molecule has 0 aliphatic carbocycles. The van der Waals surface area contributed by atoms with Crippen molar-refractivity contribution < 1.29 is 4.79 Å². The third-order valence-corrected chi connectivity index (χ3v) is 2.62. The molecule has 0 saturated heterocycles. The van der Waals surface area contributed by atoms with Crippen LogP contribution in [0.3, 0.4) is 0 Å². The van der Waals surface area contributed by atoms with Crippen molar-refractivity contribution >= 4 is 5.91 Å². The first-order chi connectivity index (χ1) is 8.15. The van der Waals surface area contributed by atoms with Gasteiger partial charge in [0, 0.05) is 25.2 Å². The number of rotatable bonds is 4. The van der Waals surface area contributed by atoms with Crippen molar-refractivity contribution in [2.24, 2.45) is 12.8 Å². The summed E-state index contributed by atoms with van der Waals surface area (Å²) in [6.07, 6.45) is 3.00. The van der Waals surface area contributed by atoms with E-state index in [2.05, 4.69) is 5.10 Å². The van der Waals surface area contributed by atoms with Crippen LogP contribution >= 0.6 is 0 Å². The molecule has 1 amide bonds. The second-order valence-electron chi connectivity index (χ2n) is 4.04. The van der Waals surface area contributed by atoms with Crippen LogP contribution in [0, 0.1) is 0 Å². The summed E-state index contributed by atoms with van der Waals surface area (Å²) in [6, 6.07) is 10.0. The second-order valence-corrected chi connectivity index (χ2v) is 4.04. The Kier molecular flexibility index (Phi) is 3.23. The van der Waals surface area contributed by atoms with E-state index in [1.807, 2.05) is 43.6 Å². The molecule has 0 bridgehead atoms. The molecule has 0 aliphatic heterocycles. The molecule has 1 aromatic carbocycles. The third-order valence-electron chi connectivity index (χ3n) is 2.62. The largest absolute Gasteiger partial charge is 0.370 e. The van der Waals surface area contributed by atoms with Gasteiger partial charge in [0.05, 0.1) is 5.69 Å². The van der Waals surface area contributed by atoms with Gasteiger partial charge in [-0.15, -0.1) is 0 Å². The summed E-state index contributed by atoms with van der Waals surface area (Å²) < 4.78 is 1.77. The number of carbonyl (C=O) groups is 1. The van der Waals surface area contributed by atoms with Crippen LogP contribution in [0.25, 0.3) is 11.3 Å². The van der Waals surface area contributed by atoms with Gasteiger partial charge in [-0.3, -0.25) is 9.48 Å². The van der Waals surface area contributed by atoms with Crippen molar-refractivity contribution in [1.29, 1.82) is 0 Å². The van der Waals surface area contributed by atoms with Gasteiger partial charge in [-0.1, -0.05) is 24.3 Å². The van der Waals surface area contributed by atoms with E-state index in [9.17, 15) is 4.79 Å². The number of nitrogens with zero attached hydrogens (tertiary/aromatic N) is 2. The number of hydrogen-bond acceptors (Lipinski definition) is 2. The Hall–Kier alpha value is -2.10. The summed E-state index contributed by atoms with van der Waals surface area (Å²) in [7, 11) is 1.89. The van der Waals surface area contributed by atoms with E-state index in [4.69, 9.17) is 5.73 Å². The van der Waals surface area contributed by atoms with Crippen molar-refractivity contribution in [3.63, 3.8) is 0 Å². The second kappa shape index (κ2) is 4.82. The van der Waals surface area contributed by atoms with Crippen LogP contribution in [0.4, 0.5) is 0 Å². The molecule has 0 fully saturated rings. The normalized spacial score (nSPS) is 10.4. The predicted molar refractivity (Wildman–Crippen MR) is 66.2 cm³/mol. The lowest BCUT2D eigenvalue weighted by Crippen LogP contribution is -2.11. The SMILES string of the molecule is Cn1ccc(-c2ccc(CCC(N)=O)cc2)n1. The zero-order valence-corrected chi connectivity index (χ0v) is 9.76. The number of aryl methyl sites for hydroxylation is 2. The number of carbonyl (C=O) groups excluding carboxylic acids is 1. The van der Waals surface area contributed by atoms with Crippen molar-refractivity contribution in [2.45, 2.75) is 12.8 Å². The van der Waals surface area contributed by atoms with Gasteiger partial charge >= 0.3 is 0 Å². The van der Waals surface area contributed by atoms with Gasteiger partial charge in [0.25, 0.3) is 0 Å². The van der Waals surface area contributed by atoms with Crippen molar-refractivity contribution in [1.82, 2.24) is 9.78 Å². The number of primary amides is 1. The molecule has 0 saturated carbocycles. The fourth-order valence-electron chi connectivity index (χ4n) is 1.68. The van der Waals surface area contributed by atoms with Gasteiger partial charge in [-0.2, -0.15) is 5.10 Å². The first kappa shape index (κ1) is 11.4. The average Bonchev–Trinajstić information content (AvgIpc) is 2.74. The molecule has 2 aromatic rings. The molecule has 1 heterocycles. The highest BCUT2D eigenvalue weighted by Gasteiger charge is 2.02. The van der Waals surface area contributed by atoms with Crippen molar-refractivity contribution in [3.8, 4) is 11.3 Å². The molecule has 1 aromatic heterocycles. The summed E-state index contributed by atoms with van der Waals surface area (Å²) in [4.78, 5) is 10.7. The molecule has 0 atom stereocenters. The van der Waals surface area contributed by atoms with Crippen LogP contribution < -0.4 is 5.73 Å². The maximum atomic E-state index is 10.7. The van der Waals surface area contributed by atoms with E-state index < -0.39 is 0 Å². The Bertz CT molecular complexity index is 514. The Morgan fingerprint density at radius 3 is 2.53 bits per heavy atom. The Morgan fingerprint density at radius 2 is 2.00 bits per heavy atom. The van der Waals surface area contributed by atoms with Crippen LogP contribution in [-0.2, 0) is 18.3 Å². The highest BCUT2D eigenvalue weighted by molar-refractivity contribution is 5.74. The monoisotopic (exact) mass is 229 g/mol. The molecule has 2 rings (SSSR count). The molecular formula is C13H15N3O. The summed E-state index contributed by atoms with van der Waals surface area (Å²) >= 11 is 0. The van der Waals surface area contributed by atoms with E-state index in [-0.39, 0.29) is 5.91 Å². The molecule has 0 unspecified atom stereocenters. The minimum absolute atomic E-state index is 0.265. The molecule has 88 valence electrons. The topological polar surface area (TPSA) is 60.9 Å². The summed E-state index contributed by atoms with van der Waals surface area (Å²) in [5, 5.41) is 4.33. The number of hydrogen-bond donors (Lipinski definition) is 1. The molecule has 4 heteroatoms. The summed E-state index contributed by atoms with van der Waals surface area (Å²) in [6.45, 7) is 0. The molecular weight excluding hydrogens is 214 g/mol. The lowest BCUT2D eigenvalue weighted by molar-refractivity contribution is -0.117. The lowest BCUT2D eigenvalue weighted by Gasteiger charge is -2.01. The molecule has 17 heavy (non-hydrogen) atoms. The zero-order valence-electron chi connectivity index (χ0n) is 9.76. The molecule has 4 nitrogen and oxygen atoms in total. The first-order valence-corrected chi connectivity index (χ1v) is 5.52. The van der Waals surface area contributed by atoms with Crippen molar-refractivity contribution in [3.05, 3.63) is 42.1 Å². The summed E-state index contributed by atoms with van der Waals surface area (Å²) in [5.41, 5.74) is 8.26. The third kappa shape index (κ3) is 2.93. The maximum absolute atomic E-state index is 10.7.